The van der Waals surface area contributed by atoms with Crippen LogP contribution in [0.2, 0.25) is 0 Å². The fraction of sp³-hybridized carbons (Fsp3) is 0.958. The van der Waals surface area contributed by atoms with Gasteiger partial charge in [0.2, 0.25) is 0 Å². The number of likely N-dealkylation sites (tertiary alicyclic amines) is 1. The molecule has 1 aliphatic heterocycles. The monoisotopic (exact) mass is 406 g/mol. The Morgan fingerprint density at radius 2 is 1.52 bits per heavy atom. The molecule has 3 aliphatic rings. The second-order valence-corrected chi connectivity index (χ2v) is 9.44. The van der Waals surface area contributed by atoms with Gasteiger partial charge in [0.05, 0.1) is 6.10 Å². The molecule has 3 fully saturated rings. The summed E-state index contributed by atoms with van der Waals surface area (Å²) in [5, 5.41) is 7.17. The molecular formula is C24H46N4O. The molecule has 0 radical (unpaired) electrons. The van der Waals surface area contributed by atoms with Crippen molar-refractivity contribution < 1.29 is 4.74 Å². The molecule has 1 heterocycles. The van der Waals surface area contributed by atoms with Gasteiger partial charge in [-0.1, -0.05) is 44.9 Å². The third-order valence-corrected chi connectivity index (χ3v) is 7.20. The molecule has 2 aliphatic carbocycles. The molecule has 0 bridgehead atoms. The zero-order valence-electron chi connectivity index (χ0n) is 19.0. The summed E-state index contributed by atoms with van der Waals surface area (Å²) in [6.45, 7) is 4.39. The smallest absolute Gasteiger partial charge is 0.191 e. The second kappa shape index (κ2) is 13.5. The number of unbranched alkanes of at least 4 members (excludes halogenated alkanes) is 1. The Bertz CT molecular complexity index is 448. The number of aliphatic imine (C=N–C) groups is 1. The molecule has 1 saturated heterocycles. The number of piperidine rings is 1. The average Bonchev–Trinajstić information content (AvgIpc) is 3.05. The summed E-state index contributed by atoms with van der Waals surface area (Å²) in [5.74, 6) is 0.978. The van der Waals surface area contributed by atoms with Crippen molar-refractivity contribution in [2.75, 3.05) is 33.3 Å². The molecule has 5 nitrogen and oxygen atoms in total. The molecule has 3 rings (SSSR count). The van der Waals surface area contributed by atoms with Crippen LogP contribution in [0.4, 0.5) is 0 Å². The van der Waals surface area contributed by atoms with Gasteiger partial charge in [0.25, 0.3) is 0 Å². The minimum Gasteiger partial charge on any atom is -0.378 e. The third kappa shape index (κ3) is 8.45. The Hall–Kier alpha value is -0.810. The summed E-state index contributed by atoms with van der Waals surface area (Å²) >= 11 is 0. The van der Waals surface area contributed by atoms with Gasteiger partial charge in [-0.2, -0.15) is 0 Å². The molecule has 0 amide bonds. The van der Waals surface area contributed by atoms with Crippen LogP contribution in [-0.2, 0) is 4.74 Å². The van der Waals surface area contributed by atoms with E-state index in [0.717, 1.165) is 38.0 Å². The van der Waals surface area contributed by atoms with Crippen molar-refractivity contribution in [2.45, 2.75) is 114 Å². The predicted molar refractivity (Wildman–Crippen MR) is 123 cm³/mol. The second-order valence-electron chi connectivity index (χ2n) is 9.44. The third-order valence-electron chi connectivity index (χ3n) is 7.20. The SMILES string of the molecule is CN=C(NCCCCOC1CCCCCC1)NC1CCN(C2CCCCC2)CC1. The predicted octanol–water partition coefficient (Wildman–Crippen LogP) is 4.47. The van der Waals surface area contributed by atoms with Crippen LogP contribution in [0.3, 0.4) is 0 Å². The Balaban J connectivity index is 1.22. The summed E-state index contributed by atoms with van der Waals surface area (Å²) in [5.41, 5.74) is 0. The van der Waals surface area contributed by atoms with Gasteiger partial charge in [0.1, 0.15) is 0 Å². The molecule has 0 aromatic rings. The summed E-state index contributed by atoms with van der Waals surface area (Å²) < 4.78 is 6.10. The molecule has 2 saturated carbocycles. The Morgan fingerprint density at radius 3 is 2.21 bits per heavy atom. The van der Waals surface area contributed by atoms with Gasteiger partial charge in [0.15, 0.2) is 5.96 Å². The number of nitrogens with zero attached hydrogens (tertiary/aromatic N) is 2. The molecule has 0 aromatic heterocycles. The highest BCUT2D eigenvalue weighted by Gasteiger charge is 2.26. The van der Waals surface area contributed by atoms with E-state index in [2.05, 4.69) is 20.5 Å². The van der Waals surface area contributed by atoms with E-state index in [4.69, 9.17) is 4.74 Å². The van der Waals surface area contributed by atoms with Crippen LogP contribution in [0.25, 0.3) is 0 Å². The molecule has 168 valence electrons. The lowest BCUT2D eigenvalue weighted by molar-refractivity contribution is 0.0411. The van der Waals surface area contributed by atoms with Crippen molar-refractivity contribution in [1.82, 2.24) is 15.5 Å². The number of guanidine groups is 1. The standard InChI is InChI=1S/C24H46N4O/c1-25-24(26-17-9-10-20-29-23-13-7-2-3-8-14-23)27-21-15-18-28(19-16-21)22-11-5-4-6-12-22/h21-23H,2-20H2,1H3,(H2,25,26,27). The van der Waals surface area contributed by atoms with Gasteiger partial charge < -0.3 is 20.3 Å². The zero-order valence-corrected chi connectivity index (χ0v) is 19.0. The van der Waals surface area contributed by atoms with Gasteiger partial charge in [-0.3, -0.25) is 4.99 Å². The molecule has 0 aromatic carbocycles. The summed E-state index contributed by atoms with van der Waals surface area (Å²) in [4.78, 5) is 7.19. The Morgan fingerprint density at radius 1 is 0.862 bits per heavy atom. The van der Waals surface area contributed by atoms with Gasteiger partial charge in [-0.25, -0.2) is 0 Å². The molecule has 2 N–H and O–H groups in total. The first-order valence-electron chi connectivity index (χ1n) is 12.7. The van der Waals surface area contributed by atoms with E-state index in [1.165, 1.54) is 96.6 Å². The maximum Gasteiger partial charge on any atom is 0.191 e. The fourth-order valence-electron chi connectivity index (χ4n) is 5.34. The lowest BCUT2D eigenvalue weighted by atomic mass is 9.92. The van der Waals surface area contributed by atoms with E-state index in [-0.39, 0.29) is 0 Å². The molecular weight excluding hydrogens is 360 g/mol. The first-order valence-corrected chi connectivity index (χ1v) is 12.7. The highest BCUT2D eigenvalue weighted by molar-refractivity contribution is 5.79. The van der Waals surface area contributed by atoms with Crippen LogP contribution >= 0.6 is 0 Å². The first kappa shape index (κ1) is 22.9. The summed E-state index contributed by atoms with van der Waals surface area (Å²) in [7, 11) is 1.89. The van der Waals surface area contributed by atoms with Crippen LogP contribution in [0.1, 0.15) is 96.3 Å². The number of nitrogens with one attached hydrogen (secondary N) is 2. The zero-order chi connectivity index (χ0) is 20.2. The van der Waals surface area contributed by atoms with Gasteiger partial charge in [-0.05, 0) is 51.4 Å². The van der Waals surface area contributed by atoms with Crippen LogP contribution < -0.4 is 10.6 Å². The van der Waals surface area contributed by atoms with E-state index in [9.17, 15) is 0 Å². The van der Waals surface area contributed by atoms with Crippen molar-refractivity contribution in [2.24, 2.45) is 4.99 Å². The molecule has 0 unspecified atom stereocenters. The van der Waals surface area contributed by atoms with E-state index in [1.54, 1.807) is 0 Å². The van der Waals surface area contributed by atoms with Crippen molar-refractivity contribution in [3.8, 4) is 0 Å². The molecule has 29 heavy (non-hydrogen) atoms. The van der Waals surface area contributed by atoms with E-state index < -0.39 is 0 Å². The van der Waals surface area contributed by atoms with Crippen molar-refractivity contribution >= 4 is 5.96 Å². The number of hydrogen-bond donors (Lipinski definition) is 2. The molecule has 0 atom stereocenters. The lowest BCUT2D eigenvalue weighted by Gasteiger charge is -2.39. The maximum atomic E-state index is 6.10. The first-order chi connectivity index (χ1) is 14.3. The van der Waals surface area contributed by atoms with Crippen molar-refractivity contribution in [1.29, 1.82) is 0 Å². The quantitative estimate of drug-likeness (QED) is 0.270. The van der Waals surface area contributed by atoms with Gasteiger partial charge in [0, 0.05) is 45.4 Å². The topological polar surface area (TPSA) is 48.9 Å². The highest BCUT2D eigenvalue weighted by Crippen LogP contribution is 2.25. The van der Waals surface area contributed by atoms with E-state index in [0.29, 0.717) is 12.1 Å². The molecule has 0 spiro atoms. The Labute approximate surface area is 179 Å². The number of ether oxygens (including phenoxy) is 1. The number of rotatable bonds is 8. The lowest BCUT2D eigenvalue weighted by Crippen LogP contribution is -2.51. The number of hydrogen-bond acceptors (Lipinski definition) is 3. The summed E-state index contributed by atoms with van der Waals surface area (Å²) in [6.07, 6.45) is 20.5. The normalized spacial score (nSPS) is 24.4. The van der Waals surface area contributed by atoms with E-state index in [1.807, 2.05) is 7.05 Å². The minimum atomic E-state index is 0.527. The Kier molecular flexibility index (Phi) is 10.6. The van der Waals surface area contributed by atoms with Crippen LogP contribution in [0.5, 0.6) is 0 Å². The highest BCUT2D eigenvalue weighted by atomic mass is 16.5. The van der Waals surface area contributed by atoms with Crippen molar-refractivity contribution in [3.05, 3.63) is 0 Å². The van der Waals surface area contributed by atoms with Crippen molar-refractivity contribution in [3.63, 3.8) is 0 Å². The molecule has 5 heteroatoms. The summed E-state index contributed by atoms with van der Waals surface area (Å²) in [6, 6.07) is 1.43. The largest absolute Gasteiger partial charge is 0.378 e. The van der Waals surface area contributed by atoms with Gasteiger partial charge in [-0.15, -0.1) is 0 Å². The maximum absolute atomic E-state index is 6.10. The minimum absolute atomic E-state index is 0.527. The van der Waals surface area contributed by atoms with Gasteiger partial charge >= 0.3 is 0 Å². The average molecular weight is 407 g/mol. The van der Waals surface area contributed by atoms with E-state index >= 15 is 0 Å². The van der Waals surface area contributed by atoms with Crippen LogP contribution in [0.15, 0.2) is 4.99 Å². The van der Waals surface area contributed by atoms with Crippen LogP contribution in [-0.4, -0.2) is 62.3 Å². The van der Waals surface area contributed by atoms with Crippen LogP contribution in [0, 0.1) is 0 Å². The fourth-order valence-corrected chi connectivity index (χ4v) is 5.34.